The van der Waals surface area contributed by atoms with E-state index >= 15 is 0 Å². The van der Waals surface area contributed by atoms with E-state index in [2.05, 4.69) is 0 Å². The molecule has 0 unspecified atom stereocenters. The maximum Gasteiger partial charge on any atom is 0.252 e. The summed E-state index contributed by atoms with van der Waals surface area (Å²) >= 11 is 0. The number of nitrogens with zero attached hydrogens (tertiary/aromatic N) is 2. The first-order chi connectivity index (χ1) is 7.54. The maximum absolute atomic E-state index is 13.6. The Bertz CT molecular complexity index is 337. The number of nitriles is 1. The molecule has 2 atom stereocenters. The Labute approximate surface area is 93.0 Å². The minimum Gasteiger partial charge on any atom is -0.341 e. The number of hydrogen-bond donors (Lipinski definition) is 0. The van der Waals surface area contributed by atoms with Crippen molar-refractivity contribution in [3.8, 4) is 6.07 Å². The van der Waals surface area contributed by atoms with Crippen molar-refractivity contribution in [2.45, 2.75) is 31.6 Å². The van der Waals surface area contributed by atoms with Gasteiger partial charge in [-0.25, -0.2) is 8.78 Å². The summed E-state index contributed by atoms with van der Waals surface area (Å²) in [6, 6.07) is 1.77. The molecule has 2 fully saturated rings. The molecule has 5 heteroatoms. The molecule has 2 aliphatic rings. The second kappa shape index (κ2) is 4.00. The van der Waals surface area contributed by atoms with Crippen LogP contribution in [0.25, 0.3) is 0 Å². The van der Waals surface area contributed by atoms with Gasteiger partial charge in [0.05, 0.1) is 6.07 Å². The van der Waals surface area contributed by atoms with Crippen LogP contribution in [-0.4, -0.2) is 29.8 Å². The van der Waals surface area contributed by atoms with E-state index in [9.17, 15) is 13.6 Å². The molecular formula is C11H14F2N2O. The van der Waals surface area contributed by atoms with Crippen LogP contribution in [0.4, 0.5) is 8.78 Å². The molecule has 1 heterocycles. The highest BCUT2D eigenvalue weighted by molar-refractivity contribution is 5.78. The van der Waals surface area contributed by atoms with Crippen molar-refractivity contribution in [3.05, 3.63) is 0 Å². The fourth-order valence-corrected chi connectivity index (χ4v) is 2.81. The molecule has 3 nitrogen and oxygen atoms in total. The van der Waals surface area contributed by atoms with E-state index in [-0.39, 0.29) is 31.2 Å². The van der Waals surface area contributed by atoms with Gasteiger partial charge in [0.1, 0.15) is 6.42 Å². The first-order valence-electron chi connectivity index (χ1n) is 5.57. The van der Waals surface area contributed by atoms with Crippen molar-refractivity contribution in [2.75, 3.05) is 13.1 Å². The number of rotatable bonds is 1. The number of hydrogen-bond acceptors (Lipinski definition) is 2. The van der Waals surface area contributed by atoms with Gasteiger partial charge < -0.3 is 4.90 Å². The largest absolute Gasteiger partial charge is 0.341 e. The Morgan fingerprint density at radius 2 is 2.25 bits per heavy atom. The van der Waals surface area contributed by atoms with Gasteiger partial charge in [-0.2, -0.15) is 5.26 Å². The molecule has 0 radical (unpaired) electrons. The molecule has 1 amide bonds. The Morgan fingerprint density at radius 3 is 2.88 bits per heavy atom. The molecule has 0 aromatic heterocycles. The molecule has 0 bridgehead atoms. The molecule has 0 aromatic rings. The molecule has 2 rings (SSSR count). The van der Waals surface area contributed by atoms with E-state index in [1.165, 1.54) is 4.90 Å². The third-order valence-corrected chi connectivity index (χ3v) is 3.65. The predicted molar refractivity (Wildman–Crippen MR) is 52.6 cm³/mol. The Hall–Kier alpha value is -1.18. The normalized spacial score (nSPS) is 31.9. The lowest BCUT2D eigenvalue weighted by atomic mass is 9.79. The Morgan fingerprint density at radius 1 is 1.50 bits per heavy atom. The van der Waals surface area contributed by atoms with E-state index in [4.69, 9.17) is 5.26 Å². The highest BCUT2D eigenvalue weighted by Crippen LogP contribution is 2.45. The van der Waals surface area contributed by atoms with Gasteiger partial charge in [-0.05, 0) is 18.8 Å². The second-order valence-corrected chi connectivity index (χ2v) is 4.65. The lowest BCUT2D eigenvalue weighted by Gasteiger charge is -2.32. The summed E-state index contributed by atoms with van der Waals surface area (Å²) in [5, 5.41) is 8.41. The van der Waals surface area contributed by atoms with Crippen LogP contribution in [0.15, 0.2) is 0 Å². The van der Waals surface area contributed by atoms with Gasteiger partial charge >= 0.3 is 0 Å². The molecule has 0 aromatic carbocycles. The zero-order chi connectivity index (χ0) is 11.8. The molecule has 0 spiro atoms. The van der Waals surface area contributed by atoms with Gasteiger partial charge in [0.15, 0.2) is 0 Å². The molecule has 1 saturated carbocycles. The van der Waals surface area contributed by atoms with Gasteiger partial charge in [-0.15, -0.1) is 0 Å². The molecule has 16 heavy (non-hydrogen) atoms. The van der Waals surface area contributed by atoms with E-state index in [1.807, 2.05) is 0 Å². The SMILES string of the molecule is N#CCC(=O)N1C[C@H]2CCCC(F)(F)[C@@H]2C1. The number of carbonyl (C=O) groups is 1. The number of amides is 1. The van der Waals surface area contributed by atoms with Crippen LogP contribution in [-0.2, 0) is 4.79 Å². The van der Waals surface area contributed by atoms with Crippen LogP contribution >= 0.6 is 0 Å². The molecule has 1 aliphatic carbocycles. The Balaban J connectivity index is 2.05. The monoisotopic (exact) mass is 228 g/mol. The zero-order valence-corrected chi connectivity index (χ0v) is 8.96. The van der Waals surface area contributed by atoms with Crippen molar-refractivity contribution < 1.29 is 13.6 Å². The standard InChI is InChI=1S/C11H14F2N2O/c12-11(13)4-1-2-8-6-15(7-9(8)11)10(16)3-5-14/h8-9H,1-4,6-7H2/t8-,9-/m1/s1. The van der Waals surface area contributed by atoms with Crippen LogP contribution in [0, 0.1) is 23.2 Å². The van der Waals surface area contributed by atoms with Crippen molar-refractivity contribution in [1.29, 1.82) is 5.26 Å². The van der Waals surface area contributed by atoms with Crippen molar-refractivity contribution in [1.82, 2.24) is 4.90 Å². The minimum atomic E-state index is -2.63. The molecule has 0 N–H and O–H groups in total. The van der Waals surface area contributed by atoms with E-state index < -0.39 is 11.8 Å². The average molecular weight is 228 g/mol. The van der Waals surface area contributed by atoms with Gasteiger partial charge in [-0.1, -0.05) is 0 Å². The smallest absolute Gasteiger partial charge is 0.252 e. The lowest BCUT2D eigenvalue weighted by molar-refractivity contribution is -0.130. The first-order valence-corrected chi connectivity index (χ1v) is 5.57. The summed E-state index contributed by atoms with van der Waals surface area (Å²) in [6.45, 7) is 0.527. The number of alkyl halides is 2. The quantitative estimate of drug-likeness (QED) is 0.686. The maximum atomic E-state index is 13.6. The summed E-state index contributed by atoms with van der Waals surface area (Å²) in [5.74, 6) is -3.71. The van der Waals surface area contributed by atoms with Gasteiger partial charge in [0.25, 0.3) is 5.92 Å². The van der Waals surface area contributed by atoms with E-state index in [0.717, 1.165) is 6.42 Å². The van der Waals surface area contributed by atoms with Crippen molar-refractivity contribution in [2.24, 2.45) is 11.8 Å². The average Bonchev–Trinajstić information content (AvgIpc) is 2.63. The van der Waals surface area contributed by atoms with Crippen LogP contribution < -0.4 is 0 Å². The summed E-state index contributed by atoms with van der Waals surface area (Å²) in [5.41, 5.74) is 0. The molecule has 1 aliphatic heterocycles. The van der Waals surface area contributed by atoms with E-state index in [1.54, 1.807) is 6.07 Å². The molecule has 88 valence electrons. The van der Waals surface area contributed by atoms with Crippen molar-refractivity contribution in [3.63, 3.8) is 0 Å². The Kier molecular flexibility index (Phi) is 2.83. The van der Waals surface area contributed by atoms with E-state index in [0.29, 0.717) is 13.0 Å². The minimum absolute atomic E-state index is 0.0611. The zero-order valence-electron chi connectivity index (χ0n) is 8.96. The van der Waals surface area contributed by atoms with Gasteiger partial charge in [0, 0.05) is 25.4 Å². The van der Waals surface area contributed by atoms with Gasteiger partial charge in [0.2, 0.25) is 5.91 Å². The van der Waals surface area contributed by atoms with Crippen molar-refractivity contribution >= 4 is 5.91 Å². The summed E-state index contributed by atoms with van der Waals surface area (Å²) in [4.78, 5) is 12.9. The fourth-order valence-electron chi connectivity index (χ4n) is 2.81. The number of halogens is 2. The molecular weight excluding hydrogens is 214 g/mol. The topological polar surface area (TPSA) is 44.1 Å². The summed E-state index contributed by atoms with van der Waals surface area (Å²) < 4.78 is 27.2. The highest BCUT2D eigenvalue weighted by Gasteiger charge is 2.51. The third-order valence-electron chi connectivity index (χ3n) is 3.65. The predicted octanol–water partition coefficient (Wildman–Crippen LogP) is 1.79. The van der Waals surface area contributed by atoms with Crippen LogP contribution in [0.1, 0.15) is 25.7 Å². The third kappa shape index (κ3) is 1.89. The molecule has 1 saturated heterocycles. The second-order valence-electron chi connectivity index (χ2n) is 4.65. The summed E-state index contributed by atoms with van der Waals surface area (Å²) in [7, 11) is 0. The van der Waals surface area contributed by atoms with Crippen LogP contribution in [0.3, 0.4) is 0 Å². The number of likely N-dealkylation sites (tertiary alicyclic amines) is 1. The fraction of sp³-hybridized carbons (Fsp3) is 0.818. The number of carbonyl (C=O) groups excluding carboxylic acids is 1. The number of fused-ring (bicyclic) bond motifs is 1. The van der Waals surface area contributed by atoms with Crippen LogP contribution in [0.5, 0.6) is 0 Å². The van der Waals surface area contributed by atoms with Crippen LogP contribution in [0.2, 0.25) is 0 Å². The summed E-state index contributed by atoms with van der Waals surface area (Å²) in [6.07, 6.45) is 1.05. The lowest BCUT2D eigenvalue weighted by Crippen LogP contribution is -2.38. The highest BCUT2D eigenvalue weighted by atomic mass is 19.3. The first kappa shape index (κ1) is 11.3. The van der Waals surface area contributed by atoms with Gasteiger partial charge in [-0.3, -0.25) is 4.79 Å².